The average Bonchev–Trinajstić information content (AvgIpc) is 3.30. The zero-order valence-corrected chi connectivity index (χ0v) is 27.8. The Balaban J connectivity index is 1.15. The Hall–Kier alpha value is -2.39. The predicted octanol–water partition coefficient (Wildman–Crippen LogP) is 0.129. The lowest BCUT2D eigenvalue weighted by molar-refractivity contribution is -0.0251. The molecule has 2 unspecified atom stereocenters. The van der Waals surface area contributed by atoms with Crippen molar-refractivity contribution in [3.8, 4) is 0 Å². The van der Waals surface area contributed by atoms with Crippen LogP contribution in [-0.2, 0) is 34.5 Å². The summed E-state index contributed by atoms with van der Waals surface area (Å²) < 4.78 is 40.1. The fourth-order valence-corrected chi connectivity index (χ4v) is 11.6. The maximum Gasteiger partial charge on any atom is 0.472 e. The average molecular weight is 730 g/mol. The molecule has 47 heavy (non-hydrogen) atoms. The van der Waals surface area contributed by atoms with Gasteiger partial charge in [-0.25, -0.2) is 29.5 Å². The quantitative estimate of drug-likeness (QED) is 0.153. The van der Waals surface area contributed by atoms with E-state index in [2.05, 4.69) is 29.9 Å². The minimum atomic E-state index is -4.87. The summed E-state index contributed by atoms with van der Waals surface area (Å²) in [5, 5.41) is 20.6. The maximum absolute atomic E-state index is 13.7. The summed E-state index contributed by atoms with van der Waals surface area (Å²) in [6.45, 7) is -3.63. The van der Waals surface area contributed by atoms with Crippen LogP contribution in [0.1, 0.15) is 23.7 Å². The second kappa shape index (κ2) is 11.1. The highest BCUT2D eigenvalue weighted by atomic mass is 32.5. The molecule has 6 heterocycles. The Morgan fingerprint density at radius 2 is 1.91 bits per heavy atom. The van der Waals surface area contributed by atoms with Crippen molar-refractivity contribution in [3.05, 3.63) is 35.2 Å². The van der Waals surface area contributed by atoms with Gasteiger partial charge in [0.15, 0.2) is 22.6 Å². The molecular formula is C24H29N9O10P2S2. The van der Waals surface area contributed by atoms with Crippen LogP contribution in [0.15, 0.2) is 23.8 Å². The number of phosphoric ester groups is 1. The number of aryl methyl sites for hydroxylation is 1. The lowest BCUT2D eigenvalue weighted by atomic mass is 10.00. The third-order valence-electron chi connectivity index (χ3n) is 9.46. The number of phosphoric acid groups is 1. The molecule has 7 N–H and O–H groups in total. The van der Waals surface area contributed by atoms with Crippen LogP contribution in [0.25, 0.3) is 22.3 Å². The summed E-state index contributed by atoms with van der Waals surface area (Å²) >= 11 is 6.60. The smallest absolute Gasteiger partial charge is 0.396 e. The number of nitrogens with zero attached hydrogens (tertiary/aromatic N) is 7. The first kappa shape index (κ1) is 31.9. The molecule has 4 fully saturated rings. The van der Waals surface area contributed by atoms with Crippen molar-refractivity contribution in [2.45, 2.75) is 48.3 Å². The van der Waals surface area contributed by atoms with Crippen LogP contribution in [0.3, 0.4) is 0 Å². The number of aliphatic hydroxyl groups is 2. The van der Waals surface area contributed by atoms with E-state index in [1.807, 2.05) is 0 Å². The fourth-order valence-electron chi connectivity index (χ4n) is 7.23. The van der Waals surface area contributed by atoms with E-state index in [-0.39, 0.29) is 29.5 Å². The van der Waals surface area contributed by atoms with E-state index in [1.165, 1.54) is 35.3 Å². The van der Waals surface area contributed by atoms with Gasteiger partial charge in [0.25, 0.3) is 5.56 Å². The largest absolute Gasteiger partial charge is 0.472 e. The highest BCUT2D eigenvalue weighted by Crippen LogP contribution is 2.72. The van der Waals surface area contributed by atoms with E-state index < -0.39 is 79.6 Å². The molecule has 23 heteroatoms. The number of hydrogen-bond donors (Lipinski definition) is 6. The van der Waals surface area contributed by atoms with Crippen molar-refractivity contribution < 1.29 is 42.7 Å². The van der Waals surface area contributed by atoms with Crippen molar-refractivity contribution >= 4 is 66.3 Å². The number of aliphatic hydroxyl groups excluding tert-OH is 2. The predicted molar refractivity (Wildman–Crippen MR) is 167 cm³/mol. The summed E-state index contributed by atoms with van der Waals surface area (Å²) in [5.41, 5.74) is 5.38. The number of fused-ring (bicyclic) bond motifs is 4. The normalized spacial score (nSPS) is 40.4. The highest BCUT2D eigenvalue weighted by Gasteiger charge is 2.74. The number of thioether (sulfide) groups is 1. The molecule has 2 bridgehead atoms. The Morgan fingerprint density at radius 3 is 2.70 bits per heavy atom. The van der Waals surface area contributed by atoms with Crippen LogP contribution in [0.4, 0.5) is 5.82 Å². The summed E-state index contributed by atoms with van der Waals surface area (Å²) in [5.74, 6) is -0.731. The molecule has 2 saturated heterocycles. The number of nitrogens with two attached hydrogens (primary N) is 1. The fraction of sp³-hybridized carbons (Fsp3) is 0.583. The first-order chi connectivity index (χ1) is 22.3. The molecule has 0 amide bonds. The molecule has 252 valence electrons. The van der Waals surface area contributed by atoms with E-state index in [0.29, 0.717) is 23.4 Å². The van der Waals surface area contributed by atoms with Gasteiger partial charge >= 0.3 is 14.5 Å². The van der Waals surface area contributed by atoms with Gasteiger partial charge in [-0.05, 0) is 31.1 Å². The summed E-state index contributed by atoms with van der Waals surface area (Å²) in [6.07, 6.45) is 0.839. The SMILES string of the molecule is Cc1nc2c(ncn2[C@@H]2S[C@@H]3COP(O)(=S)O[C@H]4[C@@H](O)[C@H](n5cnc6c(N)ncnc65)[C@H]5C[C@]54COP(=O)(O)O[C@@H]2[C@@H]3CO)c(=O)[nH]1. The molecule has 8 rings (SSSR count). The number of H-pyrrole nitrogens is 1. The van der Waals surface area contributed by atoms with E-state index >= 15 is 0 Å². The third-order valence-corrected chi connectivity index (χ3v) is 13.6. The third kappa shape index (κ3) is 5.11. The Labute approximate surface area is 273 Å². The van der Waals surface area contributed by atoms with E-state index in [1.54, 1.807) is 11.5 Å². The number of nitrogen functional groups attached to an aromatic ring is 1. The van der Waals surface area contributed by atoms with Gasteiger partial charge in [-0.2, -0.15) is 0 Å². The number of rotatable bonds is 3. The van der Waals surface area contributed by atoms with Crippen LogP contribution in [0.2, 0.25) is 0 Å². The van der Waals surface area contributed by atoms with Gasteiger partial charge in [0.2, 0.25) is 0 Å². The lowest BCUT2D eigenvalue weighted by Gasteiger charge is -2.31. The summed E-state index contributed by atoms with van der Waals surface area (Å²) in [4.78, 5) is 58.6. The van der Waals surface area contributed by atoms with Gasteiger partial charge in [0.05, 0.1) is 31.9 Å². The molecule has 11 atom stereocenters. The number of aromatic nitrogens is 8. The second-order valence-electron chi connectivity index (χ2n) is 12.1. The van der Waals surface area contributed by atoms with Gasteiger partial charge in [-0.1, -0.05) is 0 Å². The molecule has 1 spiro atoms. The maximum atomic E-state index is 13.7. The molecule has 4 aromatic heterocycles. The van der Waals surface area contributed by atoms with Crippen molar-refractivity contribution in [1.82, 2.24) is 39.0 Å². The second-order valence-corrected chi connectivity index (χ2v) is 17.7. The van der Waals surface area contributed by atoms with E-state index in [9.17, 15) is 29.4 Å². The summed E-state index contributed by atoms with van der Waals surface area (Å²) in [7, 11) is -4.87. The molecule has 2 aliphatic heterocycles. The van der Waals surface area contributed by atoms with Gasteiger partial charge in [-0.15, -0.1) is 11.8 Å². The Bertz CT molecular complexity index is 2060. The molecule has 2 saturated carbocycles. The zero-order valence-electron chi connectivity index (χ0n) is 24.3. The van der Waals surface area contributed by atoms with Crippen LogP contribution in [0, 0.1) is 24.2 Å². The number of aromatic amines is 1. The van der Waals surface area contributed by atoms with Gasteiger partial charge in [-0.3, -0.25) is 18.4 Å². The Kier molecular flexibility index (Phi) is 7.50. The Morgan fingerprint density at radius 1 is 1.15 bits per heavy atom. The van der Waals surface area contributed by atoms with Crippen molar-refractivity contribution in [1.29, 1.82) is 0 Å². The zero-order chi connectivity index (χ0) is 33.0. The van der Waals surface area contributed by atoms with Gasteiger partial charge in [0.1, 0.15) is 41.4 Å². The first-order valence-electron chi connectivity index (χ1n) is 14.4. The molecule has 19 nitrogen and oxygen atoms in total. The lowest BCUT2D eigenvalue weighted by Crippen LogP contribution is -2.38. The van der Waals surface area contributed by atoms with Crippen molar-refractivity contribution in [2.24, 2.45) is 17.3 Å². The van der Waals surface area contributed by atoms with Gasteiger partial charge < -0.3 is 44.3 Å². The number of hydrogen-bond acceptors (Lipinski definition) is 16. The molecule has 0 aromatic carbocycles. The molecule has 4 aliphatic rings. The van der Waals surface area contributed by atoms with Crippen LogP contribution in [-0.4, -0.2) is 102 Å². The van der Waals surface area contributed by atoms with Gasteiger partial charge in [0, 0.05) is 23.2 Å². The molecule has 2 aliphatic carbocycles. The topological polar surface area (TPSA) is 268 Å². The molecule has 0 radical (unpaired) electrons. The number of nitrogens with one attached hydrogen (secondary N) is 1. The standard InChI is InChI=1S/C24H29N9O10P2S2/c1-9-30-21-14(22(36)31-9)29-8-33(21)23-17-10(3-34)12(47-23)4-40-45(39,46)43-18-16(35)15(11-2-24(11,18)5-41-44(37,38)42-17)32-7-28-13-19(25)26-6-27-20(13)32/h6-8,10-12,15-18,23,34-35H,2-5H2,1H3,(H,37,38)(H,39,46)(H2,25,26,27)(H,30,31,36)/t10-,11-,12-,15-,16+,17-,18+,23-,24+,45?/m1/s1. The van der Waals surface area contributed by atoms with Crippen molar-refractivity contribution in [2.75, 3.05) is 25.6 Å². The number of anilines is 1. The van der Waals surface area contributed by atoms with E-state index in [0.717, 1.165) is 0 Å². The minimum absolute atomic E-state index is 0.0476. The summed E-state index contributed by atoms with van der Waals surface area (Å²) in [6, 6.07) is -0.701. The molecule has 4 aromatic rings. The first-order valence-corrected chi connectivity index (χ1v) is 19.5. The van der Waals surface area contributed by atoms with Crippen LogP contribution in [0.5, 0.6) is 0 Å². The highest BCUT2D eigenvalue weighted by molar-refractivity contribution is 8.07. The van der Waals surface area contributed by atoms with Crippen LogP contribution >= 0.6 is 26.3 Å². The molecular weight excluding hydrogens is 700 g/mol. The minimum Gasteiger partial charge on any atom is -0.396 e. The van der Waals surface area contributed by atoms with Crippen LogP contribution < -0.4 is 11.3 Å². The monoisotopic (exact) mass is 729 g/mol. The van der Waals surface area contributed by atoms with E-state index in [4.69, 9.17) is 35.6 Å². The van der Waals surface area contributed by atoms with Crippen molar-refractivity contribution in [3.63, 3.8) is 0 Å². The number of imidazole rings is 2.